The lowest BCUT2D eigenvalue weighted by atomic mass is 10.2. The van der Waals surface area contributed by atoms with E-state index in [1.165, 1.54) is 24.5 Å². The molecular weight excluding hydrogens is 475 g/mol. The maximum Gasteiger partial charge on any atom is 0.350 e. The van der Waals surface area contributed by atoms with Crippen LogP contribution in [0, 0.1) is 0 Å². The number of aliphatic carboxylic acids is 1. The van der Waals surface area contributed by atoms with E-state index in [0.29, 0.717) is 12.8 Å². The number of hydrogen-bond acceptors (Lipinski definition) is 5. The lowest BCUT2D eigenvalue weighted by molar-refractivity contribution is -0.152. The largest absolute Gasteiger partial charge is 0.478 e. The van der Waals surface area contributed by atoms with E-state index in [-0.39, 0.29) is 12.0 Å². The fourth-order valence-corrected chi connectivity index (χ4v) is 2.95. The predicted octanol–water partition coefficient (Wildman–Crippen LogP) is 6.03. The number of aromatic nitrogens is 1. The number of pyridine rings is 1. The van der Waals surface area contributed by atoms with Gasteiger partial charge >= 0.3 is 11.9 Å². The number of alkyl halides is 1. The number of unbranched alkanes of at least 4 members (excludes halogenated alkanes) is 1. The van der Waals surface area contributed by atoms with Crippen molar-refractivity contribution in [3.63, 3.8) is 0 Å². The van der Waals surface area contributed by atoms with Crippen molar-refractivity contribution in [1.29, 1.82) is 0 Å². The van der Waals surface area contributed by atoms with Crippen molar-refractivity contribution in [3.05, 3.63) is 90.9 Å². The molecule has 1 heterocycles. The van der Waals surface area contributed by atoms with Crippen LogP contribution in [0.3, 0.4) is 0 Å². The van der Waals surface area contributed by atoms with Gasteiger partial charge in [0.25, 0.3) is 0 Å². The van der Waals surface area contributed by atoms with Crippen LogP contribution in [-0.2, 0) is 14.3 Å². The van der Waals surface area contributed by atoms with Crippen LogP contribution in [-0.4, -0.2) is 40.3 Å². The van der Waals surface area contributed by atoms with Gasteiger partial charge < -0.3 is 15.2 Å². The number of hydrogen-bond donors (Lipinski definition) is 2. The van der Waals surface area contributed by atoms with Gasteiger partial charge in [-0.1, -0.05) is 67.7 Å². The Morgan fingerprint density at radius 1 is 0.973 bits per heavy atom. The van der Waals surface area contributed by atoms with Gasteiger partial charge in [0.2, 0.25) is 18.3 Å². The fourth-order valence-electron chi connectivity index (χ4n) is 2.95. The van der Waals surface area contributed by atoms with E-state index in [2.05, 4.69) is 60.5 Å². The second-order valence-corrected chi connectivity index (χ2v) is 7.98. The molecule has 0 fully saturated rings. The third-order valence-electron chi connectivity index (χ3n) is 4.87. The minimum Gasteiger partial charge on any atom is -0.478 e. The number of nitrogens with zero attached hydrogens (tertiary/aromatic N) is 1. The molecule has 2 unspecified atom stereocenters. The normalized spacial score (nSPS) is 13.7. The summed E-state index contributed by atoms with van der Waals surface area (Å²) in [5.74, 6) is -3.41. The SMILES string of the molecule is CC/C=C\C/C=C\C/C=C\C/C=C\C/C=C\CCCC(=O)NC(F)C(OC(=O)c1cccnc1)C(=O)O. The summed E-state index contributed by atoms with van der Waals surface area (Å²) in [6.45, 7) is 2.12. The van der Waals surface area contributed by atoms with Crippen LogP contribution in [0.25, 0.3) is 0 Å². The first-order valence-corrected chi connectivity index (χ1v) is 12.5. The topological polar surface area (TPSA) is 106 Å². The quantitative estimate of drug-likeness (QED) is 0.108. The molecule has 0 aliphatic heterocycles. The van der Waals surface area contributed by atoms with Gasteiger partial charge in [-0.3, -0.25) is 9.78 Å². The molecule has 1 aromatic heterocycles. The van der Waals surface area contributed by atoms with Crippen molar-refractivity contribution < 1.29 is 28.6 Å². The maximum absolute atomic E-state index is 14.3. The highest BCUT2D eigenvalue weighted by molar-refractivity contribution is 5.91. The zero-order valence-electron chi connectivity index (χ0n) is 21.3. The molecule has 0 saturated carbocycles. The van der Waals surface area contributed by atoms with Gasteiger partial charge in [-0.2, -0.15) is 0 Å². The van der Waals surface area contributed by atoms with Crippen LogP contribution in [0.4, 0.5) is 4.39 Å². The van der Waals surface area contributed by atoms with Crippen LogP contribution >= 0.6 is 0 Å². The summed E-state index contributed by atoms with van der Waals surface area (Å²) in [7, 11) is 0. The first-order chi connectivity index (χ1) is 18.0. The summed E-state index contributed by atoms with van der Waals surface area (Å²) in [6, 6.07) is 2.81. The summed E-state index contributed by atoms with van der Waals surface area (Å²) in [6.07, 6.45) is 24.7. The number of carbonyl (C=O) groups excluding carboxylic acids is 2. The second-order valence-electron chi connectivity index (χ2n) is 7.98. The first kappa shape index (κ1) is 31.2. The zero-order valence-corrected chi connectivity index (χ0v) is 21.3. The van der Waals surface area contributed by atoms with Crippen LogP contribution in [0.2, 0.25) is 0 Å². The highest BCUT2D eigenvalue weighted by atomic mass is 19.1. The Bertz CT molecular complexity index is 954. The van der Waals surface area contributed by atoms with Gasteiger partial charge in [-0.05, 0) is 57.1 Å². The number of allylic oxidation sites excluding steroid dienone is 10. The monoisotopic (exact) mass is 512 g/mol. The van der Waals surface area contributed by atoms with E-state index in [4.69, 9.17) is 4.74 Å². The Kier molecular flexibility index (Phi) is 17.2. The van der Waals surface area contributed by atoms with Gasteiger partial charge in [0.1, 0.15) is 0 Å². The van der Waals surface area contributed by atoms with Crippen LogP contribution < -0.4 is 5.32 Å². The Hall–Kier alpha value is -3.81. The molecule has 0 saturated heterocycles. The standard InChI is InChI=1S/C29H37FN2O5/c1-2-3-4-5-6-7-8-9-10-11-12-13-14-15-16-17-18-21-25(33)32-27(30)26(28(34)35)37-29(36)24-20-19-22-31-23-24/h3-4,6-7,9-10,12-13,15-16,19-20,22-23,26-27H,2,5,8,11,14,17-18,21H2,1H3,(H,32,33)(H,34,35)/b4-3-,7-6-,10-9-,13-12-,16-15-. The number of carboxylic acids is 1. The molecule has 0 bridgehead atoms. The van der Waals surface area contributed by atoms with E-state index in [9.17, 15) is 23.9 Å². The minimum atomic E-state index is -2.38. The number of rotatable bonds is 18. The van der Waals surface area contributed by atoms with Gasteiger partial charge in [-0.25, -0.2) is 14.0 Å². The molecule has 0 aromatic carbocycles. The molecule has 2 N–H and O–H groups in total. The van der Waals surface area contributed by atoms with E-state index < -0.39 is 30.2 Å². The van der Waals surface area contributed by atoms with Crippen LogP contribution in [0.5, 0.6) is 0 Å². The highest BCUT2D eigenvalue weighted by Crippen LogP contribution is 2.09. The van der Waals surface area contributed by atoms with Crippen molar-refractivity contribution in [1.82, 2.24) is 10.3 Å². The summed E-state index contributed by atoms with van der Waals surface area (Å²) in [4.78, 5) is 39.0. The number of carbonyl (C=O) groups is 3. The number of halogens is 1. The average Bonchev–Trinajstić information content (AvgIpc) is 2.89. The van der Waals surface area contributed by atoms with Crippen molar-refractivity contribution >= 4 is 17.8 Å². The predicted molar refractivity (Wildman–Crippen MR) is 142 cm³/mol. The molecule has 1 aromatic rings. The van der Waals surface area contributed by atoms with Crippen molar-refractivity contribution in [3.8, 4) is 0 Å². The maximum atomic E-state index is 14.3. The molecule has 0 spiro atoms. The smallest absolute Gasteiger partial charge is 0.350 e. The summed E-state index contributed by atoms with van der Waals surface area (Å²) in [5.41, 5.74) is -0.0238. The Morgan fingerprint density at radius 2 is 1.54 bits per heavy atom. The van der Waals surface area contributed by atoms with E-state index in [1.54, 1.807) is 0 Å². The molecule has 0 aliphatic rings. The van der Waals surface area contributed by atoms with E-state index in [1.807, 2.05) is 17.5 Å². The van der Waals surface area contributed by atoms with Crippen LogP contribution in [0.15, 0.2) is 85.3 Å². The third-order valence-corrected chi connectivity index (χ3v) is 4.87. The summed E-state index contributed by atoms with van der Waals surface area (Å²) in [5, 5.41) is 11.1. The molecule has 0 aliphatic carbocycles. The molecule has 1 amide bonds. The number of carboxylic acid groups (broad SMARTS) is 1. The lowest BCUT2D eigenvalue weighted by Gasteiger charge is -2.18. The number of amides is 1. The van der Waals surface area contributed by atoms with E-state index in [0.717, 1.165) is 32.1 Å². The van der Waals surface area contributed by atoms with Gasteiger partial charge in [0, 0.05) is 18.8 Å². The molecule has 7 nitrogen and oxygen atoms in total. The molecule has 8 heteroatoms. The number of nitrogens with one attached hydrogen (secondary N) is 1. The van der Waals surface area contributed by atoms with E-state index >= 15 is 0 Å². The van der Waals surface area contributed by atoms with Gasteiger partial charge in [-0.15, -0.1) is 0 Å². The fraction of sp³-hybridized carbons (Fsp3) is 0.379. The zero-order chi connectivity index (χ0) is 27.1. The molecule has 200 valence electrons. The Morgan fingerprint density at radius 3 is 2.05 bits per heavy atom. The second kappa shape index (κ2) is 20.4. The average molecular weight is 513 g/mol. The molecule has 2 atom stereocenters. The number of ether oxygens (including phenoxy) is 1. The first-order valence-electron chi connectivity index (χ1n) is 12.5. The van der Waals surface area contributed by atoms with Crippen molar-refractivity contribution in [2.75, 3.05) is 0 Å². The highest BCUT2D eigenvalue weighted by Gasteiger charge is 2.33. The number of esters is 1. The van der Waals surface area contributed by atoms with Crippen LogP contribution in [0.1, 0.15) is 68.6 Å². The third kappa shape index (κ3) is 15.7. The molecule has 0 radical (unpaired) electrons. The minimum absolute atomic E-state index is 0.0115. The Balaban J connectivity index is 2.20. The van der Waals surface area contributed by atoms with Crippen molar-refractivity contribution in [2.45, 2.75) is 70.7 Å². The van der Waals surface area contributed by atoms with Gasteiger partial charge in [0.15, 0.2) is 0 Å². The summed E-state index contributed by atoms with van der Waals surface area (Å²) < 4.78 is 19.0. The summed E-state index contributed by atoms with van der Waals surface area (Å²) >= 11 is 0. The molecule has 37 heavy (non-hydrogen) atoms. The lowest BCUT2D eigenvalue weighted by Crippen LogP contribution is -2.46. The molecule has 1 rings (SSSR count). The van der Waals surface area contributed by atoms with Crippen molar-refractivity contribution in [2.24, 2.45) is 0 Å². The van der Waals surface area contributed by atoms with Gasteiger partial charge in [0.05, 0.1) is 5.56 Å². The Labute approximate surface area is 218 Å². The molecular formula is C29H37FN2O5.